The smallest absolute Gasteiger partial charge is 0.338 e. The maximum absolute atomic E-state index is 11.7. The first-order valence-corrected chi connectivity index (χ1v) is 5.72. The zero-order valence-electron chi connectivity index (χ0n) is 10.00. The zero-order chi connectivity index (χ0) is 12.8. The van der Waals surface area contributed by atoms with Gasteiger partial charge in [-0.15, -0.1) is 0 Å². The molecule has 0 saturated heterocycles. The molecule has 0 aromatic heterocycles. The van der Waals surface area contributed by atoms with E-state index in [1.807, 2.05) is 12.1 Å². The average molecular weight is 251 g/mol. The van der Waals surface area contributed by atoms with Crippen LogP contribution in [0.1, 0.15) is 19.4 Å². The molecular formula is C14H15ClO2. The van der Waals surface area contributed by atoms with E-state index in [0.717, 1.165) is 5.56 Å². The van der Waals surface area contributed by atoms with Crippen LogP contribution >= 0.6 is 11.6 Å². The molecule has 0 N–H and O–H groups in total. The van der Waals surface area contributed by atoms with Crippen LogP contribution in [0, 0.1) is 0 Å². The maximum atomic E-state index is 11.7. The third kappa shape index (κ3) is 4.08. The predicted octanol–water partition coefficient (Wildman–Crippen LogP) is 3.86. The lowest BCUT2D eigenvalue weighted by Gasteiger charge is -2.06. The van der Waals surface area contributed by atoms with Gasteiger partial charge in [0, 0.05) is 5.02 Å². The molecule has 0 aliphatic heterocycles. The molecule has 17 heavy (non-hydrogen) atoms. The summed E-state index contributed by atoms with van der Waals surface area (Å²) >= 11 is 5.88. The molecule has 0 unspecified atom stereocenters. The Morgan fingerprint density at radius 1 is 1.53 bits per heavy atom. The van der Waals surface area contributed by atoms with Crippen molar-refractivity contribution in [1.29, 1.82) is 0 Å². The molecule has 0 aliphatic rings. The van der Waals surface area contributed by atoms with Crippen molar-refractivity contribution < 1.29 is 9.53 Å². The molecule has 90 valence electrons. The van der Waals surface area contributed by atoms with Crippen molar-refractivity contribution in [3.05, 3.63) is 52.6 Å². The van der Waals surface area contributed by atoms with Crippen LogP contribution < -0.4 is 0 Å². The van der Waals surface area contributed by atoms with E-state index in [9.17, 15) is 4.79 Å². The van der Waals surface area contributed by atoms with Gasteiger partial charge in [-0.3, -0.25) is 0 Å². The third-order valence-electron chi connectivity index (χ3n) is 2.11. The van der Waals surface area contributed by atoms with E-state index in [2.05, 4.69) is 6.58 Å². The van der Waals surface area contributed by atoms with E-state index in [0.29, 0.717) is 22.8 Å². The van der Waals surface area contributed by atoms with Gasteiger partial charge in [-0.1, -0.05) is 30.3 Å². The Morgan fingerprint density at radius 2 is 2.24 bits per heavy atom. The van der Waals surface area contributed by atoms with E-state index >= 15 is 0 Å². The number of hydrogen-bond acceptors (Lipinski definition) is 2. The normalized spacial score (nSPS) is 11.1. The van der Waals surface area contributed by atoms with Crippen molar-refractivity contribution >= 4 is 23.6 Å². The summed E-state index contributed by atoms with van der Waals surface area (Å²) in [5.74, 6) is -0.361. The Hall–Kier alpha value is -1.54. The summed E-state index contributed by atoms with van der Waals surface area (Å²) < 4.78 is 4.97. The van der Waals surface area contributed by atoms with Gasteiger partial charge < -0.3 is 4.74 Å². The number of carbonyl (C=O) groups is 1. The van der Waals surface area contributed by atoms with Gasteiger partial charge in [0.15, 0.2) is 0 Å². The fourth-order valence-electron chi connectivity index (χ4n) is 1.33. The molecule has 0 spiro atoms. The molecule has 0 bridgehead atoms. The van der Waals surface area contributed by atoms with Gasteiger partial charge in [-0.2, -0.15) is 0 Å². The van der Waals surface area contributed by atoms with Crippen molar-refractivity contribution in [3.8, 4) is 0 Å². The molecule has 0 aliphatic carbocycles. The Labute approximate surface area is 107 Å². The number of benzene rings is 1. The largest absolute Gasteiger partial charge is 0.462 e. The summed E-state index contributed by atoms with van der Waals surface area (Å²) in [6, 6.07) is 7.26. The summed E-state index contributed by atoms with van der Waals surface area (Å²) in [6.45, 7) is 7.66. The topological polar surface area (TPSA) is 26.3 Å². The van der Waals surface area contributed by atoms with Crippen LogP contribution in [0.15, 0.2) is 42.0 Å². The van der Waals surface area contributed by atoms with Crippen LogP contribution in [0.25, 0.3) is 6.08 Å². The minimum Gasteiger partial charge on any atom is -0.462 e. The van der Waals surface area contributed by atoms with Gasteiger partial charge in [0.2, 0.25) is 0 Å². The highest BCUT2D eigenvalue weighted by molar-refractivity contribution is 6.30. The highest BCUT2D eigenvalue weighted by atomic mass is 35.5. The molecule has 0 heterocycles. The lowest BCUT2D eigenvalue weighted by Crippen LogP contribution is -2.08. The minimum atomic E-state index is -0.361. The van der Waals surface area contributed by atoms with Crippen LogP contribution in [0.5, 0.6) is 0 Å². The highest BCUT2D eigenvalue weighted by Gasteiger charge is 2.11. The summed E-state index contributed by atoms with van der Waals surface area (Å²) in [7, 11) is 0. The molecule has 1 aromatic carbocycles. The Bertz CT molecular complexity index is 461. The average Bonchev–Trinajstić information content (AvgIpc) is 2.26. The zero-order valence-corrected chi connectivity index (χ0v) is 10.8. The van der Waals surface area contributed by atoms with Crippen LogP contribution in [0.3, 0.4) is 0 Å². The fourth-order valence-corrected chi connectivity index (χ4v) is 1.53. The summed E-state index contributed by atoms with van der Waals surface area (Å²) in [6.07, 6.45) is 1.73. The molecule has 0 saturated carbocycles. The molecule has 1 rings (SSSR count). The second-order valence-electron chi connectivity index (χ2n) is 3.61. The number of esters is 1. The van der Waals surface area contributed by atoms with Gasteiger partial charge in [-0.05, 0) is 43.2 Å². The van der Waals surface area contributed by atoms with Crippen LogP contribution in [-0.2, 0) is 9.53 Å². The van der Waals surface area contributed by atoms with Crippen molar-refractivity contribution in [2.24, 2.45) is 0 Å². The fraction of sp³-hybridized carbons (Fsp3) is 0.214. The van der Waals surface area contributed by atoms with Crippen molar-refractivity contribution in [2.75, 3.05) is 6.61 Å². The second-order valence-corrected chi connectivity index (χ2v) is 4.05. The monoisotopic (exact) mass is 250 g/mol. The predicted molar refractivity (Wildman–Crippen MR) is 70.9 cm³/mol. The summed E-state index contributed by atoms with van der Waals surface area (Å²) in [5, 5.41) is 0.628. The summed E-state index contributed by atoms with van der Waals surface area (Å²) in [4.78, 5) is 11.7. The van der Waals surface area contributed by atoms with Crippen molar-refractivity contribution in [1.82, 2.24) is 0 Å². The quantitative estimate of drug-likeness (QED) is 0.461. The Kier molecular flexibility index (Phi) is 4.98. The van der Waals surface area contributed by atoms with Crippen molar-refractivity contribution in [2.45, 2.75) is 13.8 Å². The van der Waals surface area contributed by atoms with Gasteiger partial charge in [0.05, 0.1) is 12.2 Å². The number of hydrogen-bond donors (Lipinski definition) is 0. The number of ether oxygens (including phenoxy) is 1. The first kappa shape index (κ1) is 13.5. The van der Waals surface area contributed by atoms with Gasteiger partial charge in [0.1, 0.15) is 0 Å². The number of carbonyl (C=O) groups excluding carboxylic acids is 1. The van der Waals surface area contributed by atoms with Crippen LogP contribution in [0.4, 0.5) is 0 Å². The molecule has 2 nitrogen and oxygen atoms in total. The van der Waals surface area contributed by atoms with E-state index in [1.165, 1.54) is 0 Å². The number of rotatable bonds is 4. The van der Waals surface area contributed by atoms with Crippen molar-refractivity contribution in [3.63, 3.8) is 0 Å². The molecule has 0 amide bonds. The lowest BCUT2D eigenvalue weighted by atomic mass is 10.1. The molecule has 0 fully saturated rings. The van der Waals surface area contributed by atoms with E-state index in [1.54, 1.807) is 32.1 Å². The molecular weight excluding hydrogens is 236 g/mol. The molecule has 3 heteroatoms. The second kappa shape index (κ2) is 6.26. The SMILES string of the molecule is C=C(C)/C(=C/c1cccc(Cl)c1)C(=O)OCC. The van der Waals surface area contributed by atoms with E-state index in [4.69, 9.17) is 16.3 Å². The highest BCUT2D eigenvalue weighted by Crippen LogP contribution is 2.17. The van der Waals surface area contributed by atoms with E-state index in [-0.39, 0.29) is 5.97 Å². The Balaban J connectivity index is 3.06. The van der Waals surface area contributed by atoms with Gasteiger partial charge >= 0.3 is 5.97 Å². The first-order chi connectivity index (χ1) is 8.04. The maximum Gasteiger partial charge on any atom is 0.338 e. The summed E-state index contributed by atoms with van der Waals surface area (Å²) in [5.41, 5.74) is 1.99. The number of halogens is 1. The van der Waals surface area contributed by atoms with E-state index < -0.39 is 0 Å². The van der Waals surface area contributed by atoms with Gasteiger partial charge in [0.25, 0.3) is 0 Å². The van der Waals surface area contributed by atoms with Gasteiger partial charge in [-0.25, -0.2) is 4.79 Å². The molecule has 0 atom stereocenters. The third-order valence-corrected chi connectivity index (χ3v) is 2.35. The lowest BCUT2D eigenvalue weighted by molar-refractivity contribution is -0.138. The first-order valence-electron chi connectivity index (χ1n) is 5.35. The molecule has 1 aromatic rings. The molecule has 0 radical (unpaired) electrons. The Morgan fingerprint density at radius 3 is 2.76 bits per heavy atom. The standard InChI is InChI=1S/C14H15ClO2/c1-4-17-14(16)13(10(2)3)9-11-6-5-7-12(15)8-11/h5-9H,2,4H2,1,3H3/b13-9-. The minimum absolute atomic E-state index is 0.346. The van der Waals surface area contributed by atoms with Crippen LogP contribution in [-0.4, -0.2) is 12.6 Å². The van der Waals surface area contributed by atoms with Crippen LogP contribution in [0.2, 0.25) is 5.02 Å².